The molecular formula is C21H34N2O4. The number of hydrogen-bond donors (Lipinski definition) is 2. The Kier molecular flexibility index (Phi) is 7.35. The van der Waals surface area contributed by atoms with Crippen molar-refractivity contribution in [2.75, 3.05) is 46.9 Å². The lowest BCUT2D eigenvalue weighted by Crippen LogP contribution is -2.41. The lowest BCUT2D eigenvalue weighted by atomic mass is 10.1. The number of aliphatic hydroxyl groups is 2. The van der Waals surface area contributed by atoms with Crippen molar-refractivity contribution < 1.29 is 19.7 Å². The van der Waals surface area contributed by atoms with Crippen LogP contribution < -0.4 is 9.47 Å². The van der Waals surface area contributed by atoms with Crippen molar-refractivity contribution in [2.24, 2.45) is 5.92 Å². The highest BCUT2D eigenvalue weighted by Gasteiger charge is 2.23. The summed E-state index contributed by atoms with van der Waals surface area (Å²) in [7, 11) is 3.81. The fourth-order valence-electron chi connectivity index (χ4n) is 3.68. The molecule has 1 aliphatic carbocycles. The molecule has 1 heterocycles. The molecule has 1 saturated carbocycles. The van der Waals surface area contributed by atoms with E-state index in [1.807, 2.05) is 18.2 Å². The highest BCUT2D eigenvalue weighted by molar-refractivity contribution is 5.40. The standard InChI is InChI=1S/C21H34N2O4/c1-22(12-16-3-4-16)13-17-11-20(26-2)5-6-21(17)27-15-19(25)14-23-9-7-18(24)8-10-23/h5-6,11,16,18-19,24-25H,3-4,7-10,12-15H2,1-2H3/t19-/m1/s1. The number of methoxy groups -OCH3 is 1. The maximum Gasteiger partial charge on any atom is 0.124 e. The fraction of sp³-hybridized carbons (Fsp3) is 0.714. The van der Waals surface area contributed by atoms with Crippen LogP contribution in [0.15, 0.2) is 18.2 Å². The van der Waals surface area contributed by atoms with Gasteiger partial charge in [-0.05, 0) is 56.8 Å². The number of aliphatic hydroxyl groups excluding tert-OH is 2. The molecule has 1 aromatic carbocycles. The Hall–Kier alpha value is -1.34. The van der Waals surface area contributed by atoms with Gasteiger partial charge in [-0.2, -0.15) is 0 Å². The van der Waals surface area contributed by atoms with Gasteiger partial charge < -0.3 is 29.5 Å². The average Bonchev–Trinajstić information content (AvgIpc) is 3.46. The second-order valence-corrected chi connectivity index (χ2v) is 8.11. The zero-order valence-electron chi connectivity index (χ0n) is 16.6. The summed E-state index contributed by atoms with van der Waals surface area (Å²) in [6.45, 7) is 4.43. The van der Waals surface area contributed by atoms with Crippen molar-refractivity contribution >= 4 is 0 Å². The van der Waals surface area contributed by atoms with Gasteiger partial charge in [0.25, 0.3) is 0 Å². The maximum atomic E-state index is 10.4. The number of piperidine rings is 1. The van der Waals surface area contributed by atoms with E-state index in [1.54, 1.807) is 7.11 Å². The maximum absolute atomic E-state index is 10.4. The quantitative estimate of drug-likeness (QED) is 0.647. The number of benzene rings is 1. The van der Waals surface area contributed by atoms with Gasteiger partial charge in [0.15, 0.2) is 0 Å². The Morgan fingerprint density at radius 3 is 2.63 bits per heavy atom. The molecule has 1 aliphatic heterocycles. The normalized spacial score (nSPS) is 20.0. The predicted molar refractivity (Wildman–Crippen MR) is 105 cm³/mol. The van der Waals surface area contributed by atoms with E-state index in [9.17, 15) is 10.2 Å². The third-order valence-corrected chi connectivity index (χ3v) is 5.43. The van der Waals surface area contributed by atoms with E-state index in [0.717, 1.165) is 62.0 Å². The van der Waals surface area contributed by atoms with Gasteiger partial charge in [-0.1, -0.05) is 0 Å². The summed E-state index contributed by atoms with van der Waals surface area (Å²) in [5.74, 6) is 2.48. The molecule has 27 heavy (non-hydrogen) atoms. The summed E-state index contributed by atoms with van der Waals surface area (Å²) in [5, 5.41) is 20.0. The van der Waals surface area contributed by atoms with Gasteiger partial charge in [0.2, 0.25) is 0 Å². The second-order valence-electron chi connectivity index (χ2n) is 8.11. The van der Waals surface area contributed by atoms with Gasteiger partial charge in [0.1, 0.15) is 24.2 Å². The zero-order chi connectivity index (χ0) is 19.2. The highest BCUT2D eigenvalue weighted by atomic mass is 16.5. The minimum atomic E-state index is -0.542. The van der Waals surface area contributed by atoms with Crippen LogP contribution >= 0.6 is 0 Å². The third kappa shape index (κ3) is 6.64. The van der Waals surface area contributed by atoms with Crippen LogP contribution in [-0.4, -0.2) is 79.2 Å². The molecule has 3 rings (SSSR count). The van der Waals surface area contributed by atoms with Crippen LogP contribution in [-0.2, 0) is 6.54 Å². The molecule has 0 radical (unpaired) electrons. The molecule has 0 amide bonds. The van der Waals surface area contributed by atoms with E-state index < -0.39 is 6.10 Å². The summed E-state index contributed by atoms with van der Waals surface area (Å²) < 4.78 is 11.3. The van der Waals surface area contributed by atoms with Crippen LogP contribution in [0.2, 0.25) is 0 Å². The van der Waals surface area contributed by atoms with E-state index in [-0.39, 0.29) is 12.7 Å². The van der Waals surface area contributed by atoms with Crippen LogP contribution in [0.3, 0.4) is 0 Å². The molecule has 6 heteroatoms. The van der Waals surface area contributed by atoms with Gasteiger partial charge in [0.05, 0.1) is 13.2 Å². The molecule has 0 aromatic heterocycles. The molecule has 0 bridgehead atoms. The van der Waals surface area contributed by atoms with E-state index in [4.69, 9.17) is 9.47 Å². The summed E-state index contributed by atoms with van der Waals surface area (Å²) in [6, 6.07) is 5.86. The number of nitrogens with zero attached hydrogens (tertiary/aromatic N) is 2. The van der Waals surface area contributed by atoms with Gasteiger partial charge >= 0.3 is 0 Å². The first-order chi connectivity index (χ1) is 13.0. The lowest BCUT2D eigenvalue weighted by molar-refractivity contribution is 0.0335. The van der Waals surface area contributed by atoms with E-state index >= 15 is 0 Å². The summed E-state index contributed by atoms with van der Waals surface area (Å²) in [5.41, 5.74) is 1.09. The molecule has 152 valence electrons. The van der Waals surface area contributed by atoms with Gasteiger partial charge in [-0.15, -0.1) is 0 Å². The molecule has 6 nitrogen and oxygen atoms in total. The topological polar surface area (TPSA) is 65.4 Å². The van der Waals surface area contributed by atoms with Crippen LogP contribution in [0.5, 0.6) is 11.5 Å². The van der Waals surface area contributed by atoms with E-state index in [1.165, 1.54) is 12.8 Å². The fourth-order valence-corrected chi connectivity index (χ4v) is 3.68. The smallest absolute Gasteiger partial charge is 0.124 e. The number of hydrogen-bond acceptors (Lipinski definition) is 6. The SMILES string of the molecule is COc1ccc(OC[C@H](O)CN2CCC(O)CC2)c(CN(C)CC2CC2)c1. The molecule has 1 saturated heterocycles. The molecule has 0 spiro atoms. The van der Waals surface area contributed by atoms with Gasteiger partial charge in [-0.3, -0.25) is 0 Å². The molecule has 2 N–H and O–H groups in total. The van der Waals surface area contributed by atoms with Crippen LogP contribution in [0, 0.1) is 5.92 Å². The van der Waals surface area contributed by atoms with Gasteiger partial charge in [0, 0.05) is 38.3 Å². The monoisotopic (exact) mass is 378 g/mol. The molecule has 2 fully saturated rings. The summed E-state index contributed by atoms with van der Waals surface area (Å²) >= 11 is 0. The van der Waals surface area contributed by atoms with Crippen molar-refractivity contribution in [3.05, 3.63) is 23.8 Å². The second kappa shape index (κ2) is 9.73. The molecule has 2 aliphatic rings. The number of β-amino-alcohol motifs (C(OH)–C–C–N with tert-alkyl or cyclic N) is 1. The van der Waals surface area contributed by atoms with E-state index in [0.29, 0.717) is 6.54 Å². The first-order valence-corrected chi connectivity index (χ1v) is 10.1. The molecular weight excluding hydrogens is 344 g/mol. The predicted octanol–water partition coefficient (Wildman–Crippen LogP) is 1.73. The zero-order valence-corrected chi connectivity index (χ0v) is 16.6. The summed E-state index contributed by atoms with van der Waals surface area (Å²) in [4.78, 5) is 4.52. The number of likely N-dealkylation sites (tertiary alicyclic amines) is 1. The van der Waals surface area contributed by atoms with Gasteiger partial charge in [-0.25, -0.2) is 0 Å². The Morgan fingerprint density at radius 2 is 1.96 bits per heavy atom. The molecule has 0 unspecified atom stereocenters. The van der Waals surface area contributed by atoms with Crippen molar-refractivity contribution in [1.82, 2.24) is 9.80 Å². The first-order valence-electron chi connectivity index (χ1n) is 10.1. The van der Waals surface area contributed by atoms with Crippen molar-refractivity contribution in [1.29, 1.82) is 0 Å². The Morgan fingerprint density at radius 1 is 1.22 bits per heavy atom. The number of ether oxygens (including phenoxy) is 2. The largest absolute Gasteiger partial charge is 0.497 e. The lowest BCUT2D eigenvalue weighted by Gasteiger charge is -2.31. The first kappa shape index (κ1) is 20.4. The average molecular weight is 379 g/mol. The Labute approximate surface area is 162 Å². The Balaban J connectivity index is 1.52. The van der Waals surface area contributed by atoms with Crippen LogP contribution in [0.25, 0.3) is 0 Å². The molecule has 1 aromatic rings. The highest BCUT2D eigenvalue weighted by Crippen LogP contribution is 2.31. The van der Waals surface area contributed by atoms with Crippen molar-refractivity contribution in [2.45, 2.75) is 44.4 Å². The minimum Gasteiger partial charge on any atom is -0.497 e. The minimum absolute atomic E-state index is 0.191. The molecule has 1 atom stereocenters. The van der Waals surface area contributed by atoms with Crippen molar-refractivity contribution in [3.63, 3.8) is 0 Å². The number of rotatable bonds is 10. The Bertz CT molecular complexity index is 586. The third-order valence-electron chi connectivity index (χ3n) is 5.43. The van der Waals surface area contributed by atoms with Crippen LogP contribution in [0.1, 0.15) is 31.2 Å². The summed E-state index contributed by atoms with van der Waals surface area (Å²) in [6.07, 6.45) is 3.51. The van der Waals surface area contributed by atoms with E-state index in [2.05, 4.69) is 16.8 Å². The van der Waals surface area contributed by atoms with Crippen molar-refractivity contribution in [3.8, 4) is 11.5 Å². The van der Waals surface area contributed by atoms with Crippen LogP contribution in [0.4, 0.5) is 0 Å².